The number of carbonyl (C=O) groups is 2. The average molecular weight is 199 g/mol. The third kappa shape index (κ3) is 1.81. The fraction of sp³-hybridized carbons (Fsp3) is 0.778. The van der Waals surface area contributed by atoms with Gasteiger partial charge in [0.15, 0.2) is 0 Å². The van der Waals surface area contributed by atoms with Crippen LogP contribution in [0.3, 0.4) is 0 Å². The Hall–Kier alpha value is -1.26. The Kier molecular flexibility index (Phi) is 2.31. The van der Waals surface area contributed by atoms with Gasteiger partial charge in [-0.25, -0.2) is 14.9 Å². The maximum Gasteiger partial charge on any atom is 0.416 e. The minimum absolute atomic E-state index is 0.0619. The zero-order valence-electron chi connectivity index (χ0n) is 7.73. The van der Waals surface area contributed by atoms with E-state index in [4.69, 9.17) is 9.84 Å². The van der Waals surface area contributed by atoms with Crippen molar-refractivity contribution in [2.75, 3.05) is 0 Å². The van der Waals surface area contributed by atoms with Crippen LogP contribution >= 0.6 is 0 Å². The molecule has 0 heterocycles. The Labute approximate surface area is 81.4 Å². The zero-order valence-corrected chi connectivity index (χ0v) is 7.73. The lowest BCUT2D eigenvalue weighted by molar-refractivity contribution is 0.0650. The number of hydrogen-bond acceptors (Lipinski definition) is 3. The van der Waals surface area contributed by atoms with E-state index in [9.17, 15) is 9.59 Å². The quantitative estimate of drug-likeness (QED) is 0.672. The molecule has 0 aliphatic heterocycles. The molecule has 2 aliphatic carbocycles. The highest BCUT2D eigenvalue weighted by atomic mass is 16.6. The molecular weight excluding hydrogens is 186 g/mol. The van der Waals surface area contributed by atoms with E-state index in [-0.39, 0.29) is 6.10 Å². The molecule has 2 saturated carbocycles. The minimum Gasteiger partial charge on any atom is -0.465 e. The predicted molar refractivity (Wildman–Crippen MR) is 46.9 cm³/mol. The molecule has 0 spiro atoms. The molecule has 2 aliphatic rings. The molecule has 0 aromatic heterocycles. The third-order valence-electron chi connectivity index (χ3n) is 3.14. The normalized spacial score (nSPS) is 34.1. The lowest BCUT2D eigenvalue weighted by Crippen LogP contribution is -2.34. The van der Waals surface area contributed by atoms with Crippen molar-refractivity contribution in [2.45, 2.75) is 31.8 Å². The highest BCUT2D eigenvalue weighted by Crippen LogP contribution is 2.45. The summed E-state index contributed by atoms with van der Waals surface area (Å²) in [4.78, 5) is 21.1. The second kappa shape index (κ2) is 3.48. The fourth-order valence-electron chi connectivity index (χ4n) is 2.58. The molecule has 0 aromatic rings. The number of ether oxygens (including phenoxy) is 1. The van der Waals surface area contributed by atoms with Crippen molar-refractivity contribution in [1.29, 1.82) is 0 Å². The highest BCUT2D eigenvalue weighted by Gasteiger charge is 2.41. The minimum atomic E-state index is -1.36. The molecule has 2 rings (SSSR count). The van der Waals surface area contributed by atoms with Gasteiger partial charge in [-0.2, -0.15) is 0 Å². The van der Waals surface area contributed by atoms with Gasteiger partial charge in [0.1, 0.15) is 6.10 Å². The van der Waals surface area contributed by atoms with Crippen molar-refractivity contribution in [1.82, 2.24) is 5.32 Å². The van der Waals surface area contributed by atoms with Gasteiger partial charge >= 0.3 is 12.2 Å². The van der Waals surface area contributed by atoms with E-state index in [0.29, 0.717) is 11.8 Å². The standard InChI is InChI=1S/C9H13NO4/c11-8(12)10-9(13)14-7-4-5-1-2-6(7)3-5/h5-7H,1-4H2,(H,10,13)(H,11,12). The van der Waals surface area contributed by atoms with E-state index >= 15 is 0 Å². The Morgan fingerprint density at radius 3 is 2.57 bits per heavy atom. The number of amides is 2. The van der Waals surface area contributed by atoms with Crippen molar-refractivity contribution in [3.63, 3.8) is 0 Å². The van der Waals surface area contributed by atoms with Gasteiger partial charge in [0.2, 0.25) is 0 Å². The number of rotatable bonds is 1. The summed E-state index contributed by atoms with van der Waals surface area (Å²) in [6, 6.07) is 0. The van der Waals surface area contributed by atoms with Gasteiger partial charge in [0.25, 0.3) is 0 Å². The van der Waals surface area contributed by atoms with Gasteiger partial charge in [-0.1, -0.05) is 0 Å². The van der Waals surface area contributed by atoms with Gasteiger partial charge in [0.05, 0.1) is 0 Å². The van der Waals surface area contributed by atoms with Crippen LogP contribution in [0.1, 0.15) is 25.7 Å². The van der Waals surface area contributed by atoms with Crippen LogP contribution in [-0.2, 0) is 4.74 Å². The van der Waals surface area contributed by atoms with Crippen molar-refractivity contribution in [2.24, 2.45) is 11.8 Å². The first-order valence-corrected chi connectivity index (χ1v) is 4.85. The van der Waals surface area contributed by atoms with Gasteiger partial charge in [0, 0.05) is 0 Å². The second-order valence-corrected chi connectivity index (χ2v) is 4.05. The predicted octanol–water partition coefficient (Wildman–Crippen LogP) is 1.58. The van der Waals surface area contributed by atoms with Crippen LogP contribution in [-0.4, -0.2) is 23.4 Å². The number of hydrogen-bond donors (Lipinski definition) is 2. The summed E-state index contributed by atoms with van der Waals surface area (Å²) in [5, 5.41) is 9.96. The van der Waals surface area contributed by atoms with Crippen molar-refractivity contribution in [3.05, 3.63) is 0 Å². The number of nitrogens with one attached hydrogen (secondary N) is 1. The van der Waals surface area contributed by atoms with Crippen LogP contribution in [0.4, 0.5) is 9.59 Å². The Bertz CT molecular complexity index is 266. The van der Waals surface area contributed by atoms with E-state index in [1.54, 1.807) is 5.32 Å². The number of carbonyl (C=O) groups excluding carboxylic acids is 1. The van der Waals surface area contributed by atoms with Crippen LogP contribution in [0, 0.1) is 11.8 Å². The molecule has 2 N–H and O–H groups in total. The molecule has 14 heavy (non-hydrogen) atoms. The van der Waals surface area contributed by atoms with E-state index < -0.39 is 12.2 Å². The van der Waals surface area contributed by atoms with Crippen molar-refractivity contribution >= 4 is 12.2 Å². The summed E-state index contributed by atoms with van der Waals surface area (Å²) in [6.45, 7) is 0. The summed E-state index contributed by atoms with van der Waals surface area (Å²) in [6.07, 6.45) is 2.10. The largest absolute Gasteiger partial charge is 0.465 e. The van der Waals surface area contributed by atoms with E-state index in [1.807, 2.05) is 0 Å². The first-order valence-electron chi connectivity index (χ1n) is 4.85. The second-order valence-electron chi connectivity index (χ2n) is 4.05. The molecule has 2 amide bonds. The molecule has 0 aromatic carbocycles. The zero-order chi connectivity index (χ0) is 10.1. The summed E-state index contributed by atoms with van der Waals surface area (Å²) in [7, 11) is 0. The number of imide groups is 1. The summed E-state index contributed by atoms with van der Waals surface area (Å²) >= 11 is 0. The topological polar surface area (TPSA) is 75.6 Å². The monoisotopic (exact) mass is 199 g/mol. The van der Waals surface area contributed by atoms with Crippen LogP contribution in [0.25, 0.3) is 0 Å². The number of carboxylic acid groups (broad SMARTS) is 1. The average Bonchev–Trinajstić information content (AvgIpc) is 2.62. The van der Waals surface area contributed by atoms with Crippen LogP contribution in [0.5, 0.6) is 0 Å². The molecule has 3 atom stereocenters. The van der Waals surface area contributed by atoms with Gasteiger partial charge in [-0.3, -0.25) is 0 Å². The summed E-state index contributed by atoms with van der Waals surface area (Å²) in [5.41, 5.74) is 0. The molecule has 5 heteroatoms. The summed E-state index contributed by atoms with van der Waals surface area (Å²) < 4.78 is 5.03. The van der Waals surface area contributed by atoms with Gasteiger partial charge in [-0.05, 0) is 37.5 Å². The molecule has 78 valence electrons. The van der Waals surface area contributed by atoms with Crippen LogP contribution in [0.15, 0.2) is 0 Å². The summed E-state index contributed by atoms with van der Waals surface area (Å²) in [5.74, 6) is 1.14. The molecule has 5 nitrogen and oxygen atoms in total. The highest BCUT2D eigenvalue weighted by molar-refractivity contribution is 5.86. The fourth-order valence-corrected chi connectivity index (χ4v) is 2.58. The first kappa shape index (κ1) is 9.30. The van der Waals surface area contributed by atoms with Crippen LogP contribution in [0.2, 0.25) is 0 Å². The molecule has 2 bridgehead atoms. The Morgan fingerprint density at radius 2 is 2.07 bits per heavy atom. The van der Waals surface area contributed by atoms with E-state index in [0.717, 1.165) is 19.3 Å². The molecule has 3 unspecified atom stereocenters. The van der Waals surface area contributed by atoms with Crippen molar-refractivity contribution in [3.8, 4) is 0 Å². The van der Waals surface area contributed by atoms with Gasteiger partial charge in [-0.15, -0.1) is 0 Å². The molecule has 0 radical (unpaired) electrons. The van der Waals surface area contributed by atoms with Crippen LogP contribution < -0.4 is 5.32 Å². The molecular formula is C9H13NO4. The lowest BCUT2D eigenvalue weighted by atomic mass is 9.98. The Morgan fingerprint density at radius 1 is 1.29 bits per heavy atom. The van der Waals surface area contributed by atoms with Crippen molar-refractivity contribution < 1.29 is 19.4 Å². The SMILES string of the molecule is O=C(O)NC(=O)OC1CC2CCC1C2. The van der Waals surface area contributed by atoms with E-state index in [1.165, 1.54) is 6.42 Å². The first-order chi connectivity index (χ1) is 6.65. The molecule has 0 saturated heterocycles. The Balaban J connectivity index is 1.81. The number of fused-ring (bicyclic) bond motifs is 2. The van der Waals surface area contributed by atoms with Gasteiger partial charge < -0.3 is 9.84 Å². The third-order valence-corrected chi connectivity index (χ3v) is 3.14. The number of alkyl carbamates (subject to hydrolysis) is 1. The maximum absolute atomic E-state index is 11.0. The molecule has 2 fully saturated rings. The lowest BCUT2D eigenvalue weighted by Gasteiger charge is -2.21. The van der Waals surface area contributed by atoms with E-state index in [2.05, 4.69) is 0 Å². The smallest absolute Gasteiger partial charge is 0.416 e. The maximum atomic E-state index is 11.0.